The molecule has 0 aromatic heterocycles. The van der Waals surface area contributed by atoms with Crippen molar-refractivity contribution < 1.29 is 4.74 Å². The number of anilines is 1. The van der Waals surface area contributed by atoms with Crippen LogP contribution in [0.5, 0.6) is 0 Å². The Morgan fingerprint density at radius 1 is 1.37 bits per heavy atom. The van der Waals surface area contributed by atoms with Gasteiger partial charge in [0, 0.05) is 31.9 Å². The zero-order chi connectivity index (χ0) is 13.5. The zero-order valence-electron chi connectivity index (χ0n) is 12.2. The summed E-state index contributed by atoms with van der Waals surface area (Å²) < 4.78 is 5.21. The molecule has 2 rings (SSSR count). The number of methoxy groups -OCH3 is 1. The monoisotopic (exact) mass is 262 g/mol. The van der Waals surface area contributed by atoms with Crippen LogP contribution >= 0.6 is 0 Å². The van der Waals surface area contributed by atoms with Gasteiger partial charge in [-0.05, 0) is 37.4 Å². The first kappa shape index (κ1) is 14.4. The lowest BCUT2D eigenvalue weighted by Gasteiger charge is -2.22. The third-order valence-electron chi connectivity index (χ3n) is 3.78. The second-order valence-electron chi connectivity index (χ2n) is 5.26. The van der Waals surface area contributed by atoms with Crippen molar-refractivity contribution in [2.45, 2.75) is 32.2 Å². The van der Waals surface area contributed by atoms with Crippen molar-refractivity contribution in [3.63, 3.8) is 0 Å². The van der Waals surface area contributed by atoms with Crippen LogP contribution in [-0.4, -0.2) is 39.4 Å². The van der Waals surface area contributed by atoms with Gasteiger partial charge >= 0.3 is 0 Å². The highest BCUT2D eigenvalue weighted by Crippen LogP contribution is 2.25. The molecule has 1 atom stereocenters. The predicted octanol–water partition coefficient (Wildman–Crippen LogP) is 2.45. The molecule has 3 heteroatoms. The molecule has 1 aliphatic rings. The highest BCUT2D eigenvalue weighted by Gasteiger charge is 2.23. The molecule has 1 saturated heterocycles. The Hall–Kier alpha value is -1.06. The largest absolute Gasteiger partial charge is 0.384 e. The summed E-state index contributed by atoms with van der Waals surface area (Å²) in [7, 11) is 1.77. The molecule has 1 heterocycles. The smallest absolute Gasteiger partial charge is 0.0503 e. The van der Waals surface area contributed by atoms with Crippen LogP contribution in [0.15, 0.2) is 24.3 Å². The summed E-state index contributed by atoms with van der Waals surface area (Å²) in [4.78, 5) is 2.51. The predicted molar refractivity (Wildman–Crippen MR) is 80.9 cm³/mol. The second kappa shape index (κ2) is 7.51. The van der Waals surface area contributed by atoms with Crippen LogP contribution in [-0.2, 0) is 11.2 Å². The number of nitrogens with zero attached hydrogens (tertiary/aromatic N) is 1. The van der Waals surface area contributed by atoms with Gasteiger partial charge in [0.1, 0.15) is 0 Å². The van der Waals surface area contributed by atoms with Crippen molar-refractivity contribution >= 4 is 5.69 Å². The minimum Gasteiger partial charge on any atom is -0.384 e. The Labute approximate surface area is 116 Å². The molecule has 0 bridgehead atoms. The van der Waals surface area contributed by atoms with Gasteiger partial charge in [-0.2, -0.15) is 0 Å². The molecule has 0 saturated carbocycles. The molecule has 1 N–H and O–H groups in total. The summed E-state index contributed by atoms with van der Waals surface area (Å²) >= 11 is 0. The number of nitrogens with one attached hydrogen (secondary N) is 1. The number of hydrogen-bond acceptors (Lipinski definition) is 3. The van der Waals surface area contributed by atoms with Crippen molar-refractivity contribution in [2.75, 3.05) is 38.3 Å². The molecular formula is C16H26N2O. The number of benzene rings is 1. The highest BCUT2D eigenvalue weighted by molar-refractivity contribution is 5.54. The van der Waals surface area contributed by atoms with Crippen LogP contribution < -0.4 is 10.2 Å². The van der Waals surface area contributed by atoms with E-state index < -0.39 is 0 Å². The van der Waals surface area contributed by atoms with E-state index >= 15 is 0 Å². The number of ether oxygens (including phenoxy) is 1. The molecule has 0 amide bonds. The van der Waals surface area contributed by atoms with Crippen molar-refractivity contribution in [3.8, 4) is 0 Å². The number of para-hydroxylation sites is 1. The Bertz CT molecular complexity index is 381. The molecule has 1 aliphatic heterocycles. The topological polar surface area (TPSA) is 24.5 Å². The average molecular weight is 262 g/mol. The Kier molecular flexibility index (Phi) is 5.67. The molecule has 0 radical (unpaired) electrons. The number of rotatable bonds is 7. The van der Waals surface area contributed by atoms with E-state index in [1.807, 2.05) is 0 Å². The number of hydrogen-bond donors (Lipinski definition) is 1. The van der Waals surface area contributed by atoms with E-state index in [0.29, 0.717) is 6.04 Å². The summed E-state index contributed by atoms with van der Waals surface area (Å²) in [6, 6.07) is 9.37. The first-order valence-corrected chi connectivity index (χ1v) is 7.40. The molecule has 1 aromatic rings. The highest BCUT2D eigenvalue weighted by atomic mass is 16.5. The standard InChI is InChI=1S/C16H26N2O/c1-3-10-17-15-8-11-18(13-15)16-7-5-4-6-14(16)9-12-19-2/h4-7,15,17H,3,8-13H2,1-2H3. The van der Waals surface area contributed by atoms with Gasteiger partial charge in [-0.3, -0.25) is 0 Å². The normalized spacial score (nSPS) is 19.1. The van der Waals surface area contributed by atoms with Crippen molar-refractivity contribution in [1.82, 2.24) is 5.32 Å². The molecule has 1 unspecified atom stereocenters. The van der Waals surface area contributed by atoms with Gasteiger partial charge in [0.25, 0.3) is 0 Å². The lowest BCUT2D eigenvalue weighted by Crippen LogP contribution is -2.33. The fourth-order valence-electron chi connectivity index (χ4n) is 2.74. The first-order chi connectivity index (χ1) is 9.35. The summed E-state index contributed by atoms with van der Waals surface area (Å²) in [6.07, 6.45) is 3.45. The lowest BCUT2D eigenvalue weighted by atomic mass is 10.1. The quantitative estimate of drug-likeness (QED) is 0.817. The molecule has 3 nitrogen and oxygen atoms in total. The van der Waals surface area contributed by atoms with Crippen LogP contribution in [0.1, 0.15) is 25.3 Å². The van der Waals surface area contributed by atoms with E-state index in [9.17, 15) is 0 Å². The molecule has 1 aromatic carbocycles. The fourth-order valence-corrected chi connectivity index (χ4v) is 2.74. The minimum absolute atomic E-state index is 0.649. The average Bonchev–Trinajstić information content (AvgIpc) is 2.92. The van der Waals surface area contributed by atoms with E-state index in [0.717, 1.165) is 32.7 Å². The van der Waals surface area contributed by atoms with Crippen LogP contribution in [0.4, 0.5) is 5.69 Å². The van der Waals surface area contributed by atoms with Crippen LogP contribution in [0, 0.1) is 0 Å². The Morgan fingerprint density at radius 3 is 3.00 bits per heavy atom. The van der Waals surface area contributed by atoms with Gasteiger partial charge in [-0.15, -0.1) is 0 Å². The van der Waals surface area contributed by atoms with Gasteiger partial charge in [-0.1, -0.05) is 25.1 Å². The van der Waals surface area contributed by atoms with Crippen molar-refractivity contribution in [2.24, 2.45) is 0 Å². The molecule has 19 heavy (non-hydrogen) atoms. The first-order valence-electron chi connectivity index (χ1n) is 7.40. The SMILES string of the molecule is CCCNC1CCN(c2ccccc2CCOC)C1. The molecular weight excluding hydrogens is 236 g/mol. The van der Waals surface area contributed by atoms with E-state index in [-0.39, 0.29) is 0 Å². The maximum absolute atomic E-state index is 5.21. The van der Waals surface area contributed by atoms with Crippen LogP contribution in [0.2, 0.25) is 0 Å². The molecule has 1 fully saturated rings. The van der Waals surface area contributed by atoms with Crippen LogP contribution in [0.3, 0.4) is 0 Å². The van der Waals surface area contributed by atoms with Crippen molar-refractivity contribution in [3.05, 3.63) is 29.8 Å². The Morgan fingerprint density at radius 2 is 2.21 bits per heavy atom. The van der Waals surface area contributed by atoms with Gasteiger partial charge in [-0.25, -0.2) is 0 Å². The molecule has 106 valence electrons. The fraction of sp³-hybridized carbons (Fsp3) is 0.625. The van der Waals surface area contributed by atoms with E-state index in [1.165, 1.54) is 24.1 Å². The summed E-state index contributed by atoms with van der Waals surface area (Å²) in [5, 5.41) is 3.63. The zero-order valence-corrected chi connectivity index (χ0v) is 12.2. The van der Waals surface area contributed by atoms with Gasteiger partial charge in [0.2, 0.25) is 0 Å². The second-order valence-corrected chi connectivity index (χ2v) is 5.26. The summed E-state index contributed by atoms with van der Waals surface area (Å²) in [5.41, 5.74) is 2.79. The third-order valence-corrected chi connectivity index (χ3v) is 3.78. The Balaban J connectivity index is 1.98. The molecule has 0 aliphatic carbocycles. The van der Waals surface area contributed by atoms with Gasteiger partial charge < -0.3 is 15.0 Å². The molecule has 0 spiro atoms. The van der Waals surface area contributed by atoms with E-state index in [2.05, 4.69) is 41.4 Å². The van der Waals surface area contributed by atoms with Crippen LogP contribution in [0.25, 0.3) is 0 Å². The minimum atomic E-state index is 0.649. The maximum atomic E-state index is 5.21. The van der Waals surface area contributed by atoms with E-state index in [4.69, 9.17) is 4.74 Å². The third kappa shape index (κ3) is 3.95. The van der Waals surface area contributed by atoms with E-state index in [1.54, 1.807) is 7.11 Å². The summed E-state index contributed by atoms with van der Waals surface area (Å²) in [5.74, 6) is 0. The maximum Gasteiger partial charge on any atom is 0.0503 e. The van der Waals surface area contributed by atoms with Crippen molar-refractivity contribution in [1.29, 1.82) is 0 Å². The van der Waals surface area contributed by atoms with Gasteiger partial charge in [0.15, 0.2) is 0 Å². The summed E-state index contributed by atoms with van der Waals surface area (Å²) in [6.45, 7) is 6.43. The lowest BCUT2D eigenvalue weighted by molar-refractivity contribution is 0.202. The van der Waals surface area contributed by atoms with Gasteiger partial charge in [0.05, 0.1) is 6.61 Å².